The summed E-state index contributed by atoms with van der Waals surface area (Å²) in [6.45, 7) is 3.47. The Labute approximate surface area is 197 Å². The molecule has 1 aliphatic heterocycles. The summed E-state index contributed by atoms with van der Waals surface area (Å²) in [4.78, 5) is 35.7. The van der Waals surface area contributed by atoms with Crippen molar-refractivity contribution >= 4 is 29.3 Å². The zero-order chi connectivity index (χ0) is 25.3. The van der Waals surface area contributed by atoms with Crippen molar-refractivity contribution in [3.63, 3.8) is 0 Å². The van der Waals surface area contributed by atoms with Gasteiger partial charge in [-0.15, -0.1) is 13.2 Å². The third kappa shape index (κ3) is 5.26. The second kappa shape index (κ2) is 9.12. The number of aromatic nitrogens is 2. The smallest absolute Gasteiger partial charge is 0.439 e. The van der Waals surface area contributed by atoms with E-state index in [2.05, 4.69) is 14.7 Å². The fourth-order valence-electron chi connectivity index (χ4n) is 3.55. The minimum atomic E-state index is -4.88. The number of rotatable bonds is 6. The van der Waals surface area contributed by atoms with Crippen LogP contribution in [-0.4, -0.2) is 34.8 Å². The van der Waals surface area contributed by atoms with Crippen molar-refractivity contribution in [1.29, 1.82) is 0 Å². The van der Waals surface area contributed by atoms with Gasteiger partial charge in [-0.05, 0) is 41.8 Å². The number of alkyl halides is 3. The lowest BCUT2D eigenvalue weighted by Gasteiger charge is -2.20. The lowest BCUT2D eigenvalue weighted by Crippen LogP contribution is -2.33. The summed E-state index contributed by atoms with van der Waals surface area (Å²) in [5, 5.41) is 0. The van der Waals surface area contributed by atoms with Crippen LogP contribution in [-0.2, 0) is 4.79 Å². The van der Waals surface area contributed by atoms with Crippen molar-refractivity contribution in [2.24, 2.45) is 0 Å². The Hall–Kier alpha value is -4.35. The maximum atomic E-state index is 13.1. The highest BCUT2D eigenvalue weighted by atomic mass is 19.4. The predicted molar refractivity (Wildman–Crippen MR) is 120 cm³/mol. The molecule has 2 N–H and O–H groups in total. The number of carbonyl (C=O) groups excluding carboxylic acids is 2. The number of nitrogens with zero attached hydrogens (tertiary/aromatic N) is 4. The van der Waals surface area contributed by atoms with Gasteiger partial charge in [0.2, 0.25) is 11.8 Å². The highest BCUT2D eigenvalue weighted by molar-refractivity contribution is 6.27. The lowest BCUT2D eigenvalue weighted by molar-refractivity contribution is -0.274. The molecule has 35 heavy (non-hydrogen) atoms. The topological polar surface area (TPSA) is 111 Å². The fraction of sp³-hybridized carbons (Fsp3) is 0.217. The van der Waals surface area contributed by atoms with Crippen LogP contribution in [0, 0.1) is 0 Å². The van der Waals surface area contributed by atoms with Gasteiger partial charge in [-0.3, -0.25) is 9.69 Å². The Bertz CT molecular complexity index is 1280. The van der Waals surface area contributed by atoms with E-state index in [1.807, 2.05) is 13.8 Å². The van der Waals surface area contributed by atoms with Crippen molar-refractivity contribution in [1.82, 2.24) is 9.97 Å². The van der Waals surface area contributed by atoms with E-state index in [1.165, 1.54) is 30.5 Å². The summed E-state index contributed by atoms with van der Waals surface area (Å²) < 4.78 is 47.5. The molecule has 3 aromatic rings. The summed E-state index contributed by atoms with van der Waals surface area (Å²) >= 11 is 0. The van der Waals surface area contributed by atoms with E-state index in [-0.39, 0.29) is 30.0 Å². The van der Waals surface area contributed by atoms with Crippen LogP contribution in [0.2, 0.25) is 0 Å². The van der Waals surface area contributed by atoms with Crippen molar-refractivity contribution in [2.75, 3.05) is 22.1 Å². The van der Waals surface area contributed by atoms with Gasteiger partial charge in [0.15, 0.2) is 0 Å². The van der Waals surface area contributed by atoms with Gasteiger partial charge in [0.25, 0.3) is 5.91 Å². The molecule has 12 heteroatoms. The Kier molecular flexibility index (Phi) is 6.20. The van der Waals surface area contributed by atoms with Gasteiger partial charge < -0.3 is 15.2 Å². The molecule has 182 valence electrons. The minimum absolute atomic E-state index is 0.0447. The number of urea groups is 1. The summed E-state index contributed by atoms with van der Waals surface area (Å²) in [5.74, 6) is -0.360. The highest BCUT2D eigenvalue weighted by Crippen LogP contribution is 2.36. The number of hydrogen-bond donors (Lipinski definition) is 1. The van der Waals surface area contributed by atoms with Gasteiger partial charge >= 0.3 is 12.4 Å². The molecule has 0 spiro atoms. The molecule has 1 saturated heterocycles. The molecule has 4 rings (SSSR count). The maximum absolute atomic E-state index is 13.1. The van der Waals surface area contributed by atoms with Crippen LogP contribution >= 0.6 is 0 Å². The molecule has 0 bridgehead atoms. The maximum Gasteiger partial charge on any atom is 0.573 e. The SMILES string of the molecule is CC(C)c1cc(N2C(=O)CN(c3cccc(OC(F)(F)F)c3)C2=O)ccc1Oc1ccnc(N)n1. The summed E-state index contributed by atoms with van der Waals surface area (Å²) in [5.41, 5.74) is 6.68. The van der Waals surface area contributed by atoms with Crippen molar-refractivity contribution in [2.45, 2.75) is 26.1 Å². The zero-order valence-corrected chi connectivity index (χ0v) is 18.6. The van der Waals surface area contributed by atoms with Gasteiger partial charge in [0.05, 0.1) is 5.69 Å². The van der Waals surface area contributed by atoms with Gasteiger partial charge in [0, 0.05) is 24.0 Å². The number of anilines is 3. The van der Waals surface area contributed by atoms with Gasteiger partial charge in [0.1, 0.15) is 18.0 Å². The Morgan fingerprint density at radius 2 is 1.83 bits per heavy atom. The van der Waals surface area contributed by atoms with E-state index in [0.29, 0.717) is 17.0 Å². The Morgan fingerprint density at radius 3 is 2.51 bits per heavy atom. The number of amides is 3. The predicted octanol–water partition coefficient (Wildman–Crippen LogP) is 4.85. The summed E-state index contributed by atoms with van der Waals surface area (Å²) in [6, 6.07) is 10.5. The standard InChI is InChI=1S/C23H20F3N5O4/c1-13(2)17-11-15(6-7-18(17)34-19-8-9-28-21(27)29-19)31-20(32)12-30(22(31)33)14-4-3-5-16(10-14)35-23(24,25)26/h3-11,13H,12H2,1-2H3,(H2,27,28,29). The number of imide groups is 1. The highest BCUT2D eigenvalue weighted by Gasteiger charge is 2.39. The third-order valence-electron chi connectivity index (χ3n) is 5.06. The minimum Gasteiger partial charge on any atom is -0.439 e. The molecule has 9 nitrogen and oxygen atoms in total. The van der Waals surface area contributed by atoms with Crippen molar-refractivity contribution in [3.05, 3.63) is 60.3 Å². The zero-order valence-electron chi connectivity index (χ0n) is 18.6. The molecule has 0 saturated carbocycles. The Morgan fingerprint density at radius 1 is 1.06 bits per heavy atom. The summed E-state index contributed by atoms with van der Waals surface area (Å²) in [7, 11) is 0. The normalized spacial score (nSPS) is 14.1. The molecule has 0 radical (unpaired) electrons. The molecule has 1 aromatic heterocycles. The number of nitrogen functional groups attached to an aromatic ring is 1. The van der Waals surface area contributed by atoms with E-state index in [0.717, 1.165) is 21.9 Å². The summed E-state index contributed by atoms with van der Waals surface area (Å²) in [6.07, 6.45) is -3.43. The second-order valence-electron chi connectivity index (χ2n) is 7.87. The van der Waals surface area contributed by atoms with Crippen molar-refractivity contribution < 1.29 is 32.2 Å². The molecule has 1 aliphatic rings. The quantitative estimate of drug-likeness (QED) is 0.495. The van der Waals surface area contributed by atoms with E-state index >= 15 is 0 Å². The first-order chi connectivity index (χ1) is 16.5. The molecular weight excluding hydrogens is 467 g/mol. The van der Waals surface area contributed by atoms with Crippen LogP contribution in [0.3, 0.4) is 0 Å². The van der Waals surface area contributed by atoms with Crippen LogP contribution in [0.4, 0.5) is 35.3 Å². The number of hydrogen-bond acceptors (Lipinski definition) is 7. The molecule has 2 heterocycles. The van der Waals surface area contributed by atoms with Crippen LogP contribution in [0.5, 0.6) is 17.4 Å². The fourth-order valence-corrected chi connectivity index (χ4v) is 3.55. The number of halogens is 3. The first-order valence-corrected chi connectivity index (χ1v) is 10.4. The Balaban J connectivity index is 1.61. The first kappa shape index (κ1) is 23.8. The molecule has 0 atom stereocenters. The van der Waals surface area contributed by atoms with Gasteiger partial charge in [-0.2, -0.15) is 4.98 Å². The van der Waals surface area contributed by atoms with Crippen LogP contribution < -0.4 is 25.0 Å². The van der Waals surface area contributed by atoms with E-state index in [1.54, 1.807) is 12.1 Å². The van der Waals surface area contributed by atoms with Crippen molar-refractivity contribution in [3.8, 4) is 17.4 Å². The molecule has 2 aromatic carbocycles. The van der Waals surface area contributed by atoms with Crippen LogP contribution in [0.1, 0.15) is 25.3 Å². The molecule has 0 unspecified atom stereocenters. The molecule has 0 aliphatic carbocycles. The van der Waals surface area contributed by atoms with Gasteiger partial charge in [-0.25, -0.2) is 14.7 Å². The third-order valence-corrected chi connectivity index (χ3v) is 5.06. The molecule has 1 fully saturated rings. The molecule has 3 amide bonds. The number of benzene rings is 2. The van der Waals surface area contributed by atoms with Crippen LogP contribution in [0.25, 0.3) is 0 Å². The largest absolute Gasteiger partial charge is 0.573 e. The first-order valence-electron chi connectivity index (χ1n) is 10.4. The number of ether oxygens (including phenoxy) is 2. The monoisotopic (exact) mass is 487 g/mol. The van der Waals surface area contributed by atoms with E-state index in [9.17, 15) is 22.8 Å². The molecular formula is C23H20F3N5O4. The van der Waals surface area contributed by atoms with E-state index in [4.69, 9.17) is 10.5 Å². The second-order valence-corrected chi connectivity index (χ2v) is 7.87. The number of nitrogens with two attached hydrogens (primary N) is 1. The lowest BCUT2D eigenvalue weighted by atomic mass is 10.0. The average Bonchev–Trinajstić information content (AvgIpc) is 3.07. The average molecular weight is 487 g/mol. The van der Waals surface area contributed by atoms with E-state index < -0.39 is 24.1 Å². The van der Waals surface area contributed by atoms with Gasteiger partial charge in [-0.1, -0.05) is 19.9 Å². The van der Waals surface area contributed by atoms with Crippen LogP contribution in [0.15, 0.2) is 54.7 Å². The number of carbonyl (C=O) groups is 2.